The van der Waals surface area contributed by atoms with Gasteiger partial charge in [0.05, 0.1) is 6.20 Å². The second-order valence-electron chi connectivity index (χ2n) is 2.38. The summed E-state index contributed by atoms with van der Waals surface area (Å²) < 4.78 is 5.43. The number of benzene rings is 1. The van der Waals surface area contributed by atoms with Crippen LogP contribution in [0.25, 0.3) is 0 Å². The van der Waals surface area contributed by atoms with E-state index in [0.29, 0.717) is 5.88 Å². The molecule has 0 saturated heterocycles. The maximum Gasteiger partial charge on any atom is 0.197 e. The second-order valence-corrected chi connectivity index (χ2v) is 2.38. The molecule has 1 radical (unpaired) electrons. The normalized spacial score (nSPS) is 9.67. The van der Waals surface area contributed by atoms with Gasteiger partial charge in [-0.05, 0) is 18.2 Å². The van der Waals surface area contributed by atoms with Gasteiger partial charge in [-0.25, -0.2) is 0 Å². The number of para-hydroxylation sites is 1. The first-order chi connectivity index (χ1) is 5.95. The summed E-state index contributed by atoms with van der Waals surface area (Å²) in [5, 5.41) is 0. The lowest BCUT2D eigenvalue weighted by molar-refractivity contribution is 0.466. The third-order valence-electron chi connectivity index (χ3n) is 1.48. The fourth-order valence-electron chi connectivity index (χ4n) is 0.947. The number of hydrogen-bond donors (Lipinski definition) is 1. The quantitative estimate of drug-likeness (QED) is 0.714. The van der Waals surface area contributed by atoms with Crippen LogP contribution in [-0.2, 0) is 0 Å². The van der Waals surface area contributed by atoms with Crippen LogP contribution in [0.3, 0.4) is 0 Å². The molecule has 2 heteroatoms. The molecule has 0 fully saturated rings. The monoisotopic (exact) mass is 158 g/mol. The Balaban J connectivity index is 2.15. The van der Waals surface area contributed by atoms with Crippen molar-refractivity contribution in [1.82, 2.24) is 4.98 Å². The van der Waals surface area contributed by atoms with Gasteiger partial charge in [0.2, 0.25) is 0 Å². The van der Waals surface area contributed by atoms with Crippen LogP contribution >= 0.6 is 0 Å². The molecule has 0 bridgehead atoms. The fraction of sp³-hybridized carbons (Fsp3) is 0. The van der Waals surface area contributed by atoms with Crippen molar-refractivity contribution in [2.24, 2.45) is 0 Å². The Morgan fingerprint density at radius 2 is 1.92 bits per heavy atom. The summed E-state index contributed by atoms with van der Waals surface area (Å²) in [6, 6.07) is 13.2. The van der Waals surface area contributed by atoms with Crippen LogP contribution in [0.15, 0.2) is 42.5 Å². The highest BCUT2D eigenvalue weighted by atomic mass is 16.5. The molecule has 0 aliphatic carbocycles. The topological polar surface area (TPSA) is 25.0 Å². The standard InChI is InChI=1S/C10H8NO/c1-2-5-9(6-3-1)12-10-7-4-8-11-10/h1-7,11H. The maximum absolute atomic E-state index is 5.43. The van der Waals surface area contributed by atoms with Gasteiger partial charge in [0.1, 0.15) is 5.75 Å². The highest BCUT2D eigenvalue weighted by molar-refractivity contribution is 5.26. The van der Waals surface area contributed by atoms with Crippen molar-refractivity contribution in [1.29, 1.82) is 0 Å². The zero-order chi connectivity index (χ0) is 8.23. The molecule has 2 rings (SSSR count). The number of aromatic nitrogens is 1. The molecule has 2 nitrogen and oxygen atoms in total. The molecule has 0 spiro atoms. The largest absolute Gasteiger partial charge is 0.441 e. The van der Waals surface area contributed by atoms with Gasteiger partial charge in [-0.1, -0.05) is 18.2 Å². The van der Waals surface area contributed by atoms with Crippen molar-refractivity contribution < 1.29 is 4.74 Å². The van der Waals surface area contributed by atoms with E-state index in [2.05, 4.69) is 11.2 Å². The van der Waals surface area contributed by atoms with E-state index < -0.39 is 0 Å². The first kappa shape index (κ1) is 6.98. The molecule has 0 unspecified atom stereocenters. The van der Waals surface area contributed by atoms with Crippen LogP contribution < -0.4 is 4.74 Å². The molecule has 1 N–H and O–H groups in total. The zero-order valence-electron chi connectivity index (χ0n) is 6.45. The summed E-state index contributed by atoms with van der Waals surface area (Å²) in [6.07, 6.45) is 2.80. The van der Waals surface area contributed by atoms with E-state index in [1.54, 1.807) is 6.07 Å². The SMILES string of the molecule is [c]1ccc(Oc2ccccc2)[nH]1. The summed E-state index contributed by atoms with van der Waals surface area (Å²) >= 11 is 0. The van der Waals surface area contributed by atoms with E-state index in [1.165, 1.54) is 0 Å². The Kier molecular flexibility index (Phi) is 1.82. The highest BCUT2D eigenvalue weighted by Crippen LogP contribution is 2.17. The van der Waals surface area contributed by atoms with Gasteiger partial charge < -0.3 is 9.72 Å². The van der Waals surface area contributed by atoms with E-state index >= 15 is 0 Å². The molecular formula is C10H8NO. The van der Waals surface area contributed by atoms with Gasteiger partial charge in [-0.15, -0.1) is 0 Å². The predicted octanol–water partition coefficient (Wildman–Crippen LogP) is 2.61. The molecular weight excluding hydrogens is 150 g/mol. The van der Waals surface area contributed by atoms with Crippen LogP contribution in [-0.4, -0.2) is 4.98 Å². The molecule has 59 valence electrons. The molecule has 0 saturated carbocycles. The van der Waals surface area contributed by atoms with Crippen molar-refractivity contribution in [2.75, 3.05) is 0 Å². The molecule has 0 aliphatic rings. The van der Waals surface area contributed by atoms with Crippen LogP contribution in [0.1, 0.15) is 0 Å². The number of H-pyrrole nitrogens is 1. The van der Waals surface area contributed by atoms with Gasteiger partial charge in [-0.3, -0.25) is 0 Å². The summed E-state index contributed by atoms with van der Waals surface area (Å²) in [5.41, 5.74) is 0. The average molecular weight is 158 g/mol. The Labute approximate surface area is 70.8 Å². The van der Waals surface area contributed by atoms with E-state index in [4.69, 9.17) is 4.74 Å². The van der Waals surface area contributed by atoms with Crippen LogP contribution in [0, 0.1) is 6.20 Å². The lowest BCUT2D eigenvalue weighted by atomic mass is 10.3. The zero-order valence-corrected chi connectivity index (χ0v) is 6.45. The Morgan fingerprint density at radius 1 is 1.08 bits per heavy atom. The van der Waals surface area contributed by atoms with Crippen LogP contribution in [0.5, 0.6) is 11.6 Å². The minimum Gasteiger partial charge on any atom is -0.441 e. The van der Waals surface area contributed by atoms with Gasteiger partial charge in [0.15, 0.2) is 5.88 Å². The molecule has 0 aliphatic heterocycles. The van der Waals surface area contributed by atoms with Crippen molar-refractivity contribution >= 4 is 0 Å². The van der Waals surface area contributed by atoms with Crippen molar-refractivity contribution in [3.05, 3.63) is 48.7 Å². The fourth-order valence-corrected chi connectivity index (χ4v) is 0.947. The smallest absolute Gasteiger partial charge is 0.197 e. The highest BCUT2D eigenvalue weighted by Gasteiger charge is 1.93. The minimum atomic E-state index is 0.709. The maximum atomic E-state index is 5.43. The third-order valence-corrected chi connectivity index (χ3v) is 1.48. The molecule has 1 aromatic heterocycles. The summed E-state index contributed by atoms with van der Waals surface area (Å²) in [5.74, 6) is 1.54. The number of hydrogen-bond acceptors (Lipinski definition) is 1. The molecule has 12 heavy (non-hydrogen) atoms. The summed E-state index contributed by atoms with van der Waals surface area (Å²) in [6.45, 7) is 0. The predicted molar refractivity (Wildman–Crippen MR) is 46.1 cm³/mol. The number of ether oxygens (including phenoxy) is 1. The third kappa shape index (κ3) is 1.48. The van der Waals surface area contributed by atoms with Gasteiger partial charge >= 0.3 is 0 Å². The lowest BCUT2D eigenvalue weighted by Gasteiger charge is -2.00. The van der Waals surface area contributed by atoms with Crippen LogP contribution in [0.4, 0.5) is 0 Å². The van der Waals surface area contributed by atoms with Crippen molar-refractivity contribution in [3.63, 3.8) is 0 Å². The number of aromatic amines is 1. The van der Waals surface area contributed by atoms with E-state index in [1.807, 2.05) is 36.4 Å². The van der Waals surface area contributed by atoms with Gasteiger partial charge in [0, 0.05) is 6.07 Å². The van der Waals surface area contributed by atoms with Crippen molar-refractivity contribution in [2.45, 2.75) is 0 Å². The lowest BCUT2D eigenvalue weighted by Crippen LogP contribution is -1.81. The minimum absolute atomic E-state index is 0.709. The van der Waals surface area contributed by atoms with Gasteiger partial charge in [0.25, 0.3) is 0 Å². The Hall–Kier alpha value is -1.70. The molecule has 0 atom stereocenters. The van der Waals surface area contributed by atoms with E-state index in [9.17, 15) is 0 Å². The Morgan fingerprint density at radius 3 is 2.58 bits per heavy atom. The van der Waals surface area contributed by atoms with E-state index in [-0.39, 0.29) is 0 Å². The Bertz CT molecular complexity index is 326. The molecule has 1 heterocycles. The van der Waals surface area contributed by atoms with Gasteiger partial charge in [-0.2, -0.15) is 0 Å². The second kappa shape index (κ2) is 3.13. The van der Waals surface area contributed by atoms with Crippen molar-refractivity contribution in [3.8, 4) is 11.6 Å². The molecule has 1 aromatic carbocycles. The summed E-state index contributed by atoms with van der Waals surface area (Å²) in [7, 11) is 0. The molecule has 2 aromatic rings. The van der Waals surface area contributed by atoms with E-state index in [0.717, 1.165) is 5.75 Å². The first-order valence-electron chi connectivity index (χ1n) is 3.73. The number of nitrogens with one attached hydrogen (secondary N) is 1. The first-order valence-corrected chi connectivity index (χ1v) is 3.73. The number of rotatable bonds is 2. The van der Waals surface area contributed by atoms with Crippen LogP contribution in [0.2, 0.25) is 0 Å². The average Bonchev–Trinajstić information content (AvgIpc) is 2.59. The molecule has 0 amide bonds. The summed E-state index contributed by atoms with van der Waals surface area (Å²) in [4.78, 5) is 2.84.